The van der Waals surface area contributed by atoms with Crippen LogP contribution >= 0.6 is 15.6 Å². The number of aromatic nitrogens is 8. The Morgan fingerprint density at radius 2 is 1.49 bits per heavy atom. The molecule has 8 atom stereocenters. The third kappa shape index (κ3) is 6.28. The number of fused-ring (bicyclic) bond motifs is 2. The predicted molar refractivity (Wildman–Crippen MR) is 147 cm³/mol. The number of aliphatic hydroxyl groups excluding tert-OH is 2. The van der Waals surface area contributed by atoms with Gasteiger partial charge in [-0.1, -0.05) is 0 Å². The Morgan fingerprint density at radius 1 is 0.889 bits per heavy atom. The molecule has 1 unspecified atom stereocenters. The molecule has 244 valence electrons. The van der Waals surface area contributed by atoms with E-state index in [-0.39, 0.29) is 29.2 Å². The van der Waals surface area contributed by atoms with Crippen molar-refractivity contribution in [3.8, 4) is 0 Å². The lowest BCUT2D eigenvalue weighted by Gasteiger charge is -2.25. The molecule has 2 saturated heterocycles. The molecule has 2 fully saturated rings. The van der Waals surface area contributed by atoms with E-state index in [9.17, 15) is 29.1 Å². The average molecular weight is 674 g/mol. The maximum atomic E-state index is 13.6. The lowest BCUT2D eigenvalue weighted by molar-refractivity contribution is -0.0565. The van der Waals surface area contributed by atoms with Crippen molar-refractivity contribution in [2.75, 3.05) is 31.8 Å². The number of anilines is 2. The van der Waals surface area contributed by atoms with Gasteiger partial charge in [0.2, 0.25) is 0 Å². The number of rotatable bonds is 11. The number of ether oxygens (including phenoxy) is 2. The number of hydrogen-bond acceptors (Lipinski definition) is 18. The van der Waals surface area contributed by atoms with Gasteiger partial charge in [-0.2, -0.15) is 0 Å². The smallest absolute Gasteiger partial charge is 0.388 e. The van der Waals surface area contributed by atoms with Crippen molar-refractivity contribution in [3.63, 3.8) is 0 Å². The van der Waals surface area contributed by atoms with Crippen molar-refractivity contribution in [1.29, 1.82) is 0 Å². The molecule has 0 bridgehead atoms. The highest BCUT2D eigenvalue weighted by molar-refractivity contribution is 7.48. The largest absolute Gasteiger partial charge is 0.475 e. The first-order valence-electron chi connectivity index (χ1n) is 13.1. The van der Waals surface area contributed by atoms with Crippen molar-refractivity contribution < 1.29 is 56.7 Å². The summed E-state index contributed by atoms with van der Waals surface area (Å²) in [4.78, 5) is 42.7. The number of phosphoric acid groups is 2. The summed E-state index contributed by atoms with van der Waals surface area (Å²) in [6, 6.07) is 0. The Morgan fingerprint density at radius 3 is 2.07 bits per heavy atom. The minimum absolute atomic E-state index is 0.0449. The molecule has 0 spiro atoms. The van der Waals surface area contributed by atoms with E-state index in [0.29, 0.717) is 11.2 Å². The predicted octanol–water partition coefficient (Wildman–Crippen LogP) is -0.997. The first kappa shape index (κ1) is 31.7. The van der Waals surface area contributed by atoms with Crippen LogP contribution in [0.5, 0.6) is 0 Å². The molecular formula is C21H28N10O12P2. The summed E-state index contributed by atoms with van der Waals surface area (Å²) < 4.78 is 60.2. The SMILES string of the molecule is COP(=O)(OC[C@@H]1C[C@@H](O)[C@H](n2cnc3c(N)ncnc32)O1)O[C@H]1[C@@H](O)[C@H](n2cnc3c(N)ncnc32)O[C@@H]1COP(=O)(O)O. The van der Waals surface area contributed by atoms with Gasteiger partial charge in [-0.05, 0) is 0 Å². The fourth-order valence-corrected chi connectivity index (χ4v) is 6.53. The van der Waals surface area contributed by atoms with Gasteiger partial charge in [0.25, 0.3) is 0 Å². The molecule has 24 heteroatoms. The van der Waals surface area contributed by atoms with Gasteiger partial charge in [0.1, 0.15) is 48.1 Å². The summed E-state index contributed by atoms with van der Waals surface area (Å²) in [5.74, 6) is 0.200. The Bertz CT molecular complexity index is 1790. The van der Waals surface area contributed by atoms with Crippen LogP contribution < -0.4 is 11.5 Å². The van der Waals surface area contributed by atoms with Crippen molar-refractivity contribution in [3.05, 3.63) is 25.3 Å². The van der Waals surface area contributed by atoms with Gasteiger partial charge in [-0.3, -0.25) is 27.2 Å². The number of imidazole rings is 2. The highest BCUT2D eigenvalue weighted by Crippen LogP contribution is 2.53. The Hall–Kier alpha value is -3.24. The van der Waals surface area contributed by atoms with Crippen LogP contribution in [0.1, 0.15) is 18.9 Å². The van der Waals surface area contributed by atoms with E-state index in [1.807, 2.05) is 0 Å². The molecule has 22 nitrogen and oxygen atoms in total. The Labute approximate surface area is 252 Å². The topological polar surface area (TPSA) is 310 Å². The summed E-state index contributed by atoms with van der Waals surface area (Å²) in [5.41, 5.74) is 12.7. The number of nitrogens with zero attached hydrogens (tertiary/aromatic N) is 8. The van der Waals surface area contributed by atoms with Gasteiger partial charge in [0.05, 0.1) is 32.0 Å². The molecule has 0 aromatic carbocycles. The van der Waals surface area contributed by atoms with Gasteiger partial charge in [-0.25, -0.2) is 39.0 Å². The van der Waals surface area contributed by atoms with Crippen molar-refractivity contribution >= 4 is 49.6 Å². The van der Waals surface area contributed by atoms with Crippen LogP contribution in [-0.4, -0.2) is 110 Å². The van der Waals surface area contributed by atoms with E-state index >= 15 is 0 Å². The summed E-state index contributed by atoms with van der Waals surface area (Å²) in [6.07, 6.45) is -3.65. The molecule has 4 aromatic rings. The van der Waals surface area contributed by atoms with Crippen molar-refractivity contribution in [2.45, 2.75) is 49.4 Å². The van der Waals surface area contributed by atoms with E-state index < -0.39 is 71.8 Å². The van der Waals surface area contributed by atoms with E-state index in [1.165, 1.54) is 28.1 Å². The van der Waals surface area contributed by atoms with Gasteiger partial charge < -0.3 is 40.9 Å². The molecule has 0 radical (unpaired) electrons. The standard InChI is InChI=1S/C21H28N10O12P2/c1-38-45(37,40-3-9-2-10(32)20(41-9)30-7-28-12-16(22)24-5-26-18(12)30)43-15-11(4-39-44(34,35)36)42-21(14(15)33)31-8-29-13-17(23)25-6-27-19(13)31/h5-11,14-15,20-21,32-33H,2-4H2,1H3,(H2,22,24,26)(H2,23,25,27)(H2,34,35,36)/t9-,10+,11+,14+,15+,20+,21+,45?/m0/s1. The third-order valence-corrected chi connectivity index (χ3v) is 9.00. The third-order valence-electron chi connectivity index (χ3n) is 7.10. The van der Waals surface area contributed by atoms with Gasteiger partial charge in [0, 0.05) is 13.5 Å². The van der Waals surface area contributed by atoms with Crippen molar-refractivity contribution in [2.24, 2.45) is 0 Å². The molecule has 6 heterocycles. The zero-order valence-corrected chi connectivity index (χ0v) is 24.9. The first-order valence-corrected chi connectivity index (χ1v) is 16.1. The molecule has 2 aliphatic heterocycles. The minimum Gasteiger partial charge on any atom is -0.388 e. The Kier molecular flexibility index (Phi) is 8.58. The van der Waals surface area contributed by atoms with Crippen LogP contribution in [0.4, 0.5) is 11.6 Å². The number of nitrogen functional groups attached to an aromatic ring is 2. The Balaban J connectivity index is 1.17. The van der Waals surface area contributed by atoms with Crippen LogP contribution in [-0.2, 0) is 36.7 Å². The average Bonchev–Trinajstić information content (AvgIpc) is 3.77. The van der Waals surface area contributed by atoms with E-state index in [2.05, 4.69) is 34.4 Å². The second-order valence-electron chi connectivity index (χ2n) is 9.96. The van der Waals surface area contributed by atoms with Crippen LogP contribution in [0.2, 0.25) is 0 Å². The zero-order valence-electron chi connectivity index (χ0n) is 23.2. The van der Waals surface area contributed by atoms with Gasteiger partial charge >= 0.3 is 15.6 Å². The summed E-state index contributed by atoms with van der Waals surface area (Å²) in [7, 11) is -8.49. The quantitative estimate of drug-likeness (QED) is 0.104. The molecule has 4 aromatic heterocycles. The summed E-state index contributed by atoms with van der Waals surface area (Å²) in [5, 5.41) is 21.9. The molecule has 0 aliphatic carbocycles. The van der Waals surface area contributed by atoms with Crippen LogP contribution in [0, 0.1) is 0 Å². The highest BCUT2D eigenvalue weighted by atomic mass is 31.2. The van der Waals surface area contributed by atoms with Crippen LogP contribution in [0.3, 0.4) is 0 Å². The van der Waals surface area contributed by atoms with Crippen LogP contribution in [0.25, 0.3) is 22.3 Å². The summed E-state index contributed by atoms with van der Waals surface area (Å²) in [6.45, 7) is -1.19. The highest BCUT2D eigenvalue weighted by Gasteiger charge is 2.51. The molecule has 8 N–H and O–H groups in total. The molecule has 0 saturated carbocycles. The lowest BCUT2D eigenvalue weighted by Crippen LogP contribution is -2.36. The zero-order chi connectivity index (χ0) is 32.1. The van der Waals surface area contributed by atoms with Crippen LogP contribution in [0.15, 0.2) is 25.3 Å². The normalized spacial score (nSPS) is 28.7. The fourth-order valence-electron chi connectivity index (χ4n) is 5.03. The maximum absolute atomic E-state index is 13.6. The minimum atomic E-state index is -4.99. The number of hydrogen-bond donors (Lipinski definition) is 6. The number of nitrogens with two attached hydrogens (primary N) is 2. The molecular weight excluding hydrogens is 646 g/mol. The number of aliphatic hydroxyl groups is 2. The van der Waals surface area contributed by atoms with E-state index in [0.717, 1.165) is 13.4 Å². The van der Waals surface area contributed by atoms with Gasteiger partial charge in [0.15, 0.2) is 35.4 Å². The molecule has 6 rings (SSSR count). The van der Waals surface area contributed by atoms with E-state index in [1.54, 1.807) is 0 Å². The monoisotopic (exact) mass is 674 g/mol. The van der Waals surface area contributed by atoms with E-state index in [4.69, 9.17) is 34.5 Å². The first-order chi connectivity index (χ1) is 21.4. The lowest BCUT2D eigenvalue weighted by atomic mass is 10.1. The van der Waals surface area contributed by atoms with Gasteiger partial charge in [-0.15, -0.1) is 0 Å². The molecule has 45 heavy (non-hydrogen) atoms. The van der Waals surface area contributed by atoms with Crippen molar-refractivity contribution in [1.82, 2.24) is 39.0 Å². The summed E-state index contributed by atoms with van der Waals surface area (Å²) >= 11 is 0. The fraction of sp³-hybridized carbons (Fsp3) is 0.524. The maximum Gasteiger partial charge on any atom is 0.475 e. The molecule has 2 aliphatic rings. The number of phosphoric ester groups is 2. The second-order valence-corrected chi connectivity index (χ2v) is 12.9. The molecule has 0 amide bonds. The second kappa shape index (κ2) is 12.2.